The van der Waals surface area contributed by atoms with Crippen molar-refractivity contribution in [2.45, 2.75) is 19.8 Å². The van der Waals surface area contributed by atoms with Crippen LogP contribution >= 0.6 is 15.9 Å². The van der Waals surface area contributed by atoms with E-state index in [1.807, 2.05) is 12.1 Å². The molecule has 2 aromatic carbocycles. The summed E-state index contributed by atoms with van der Waals surface area (Å²) in [6.07, 6.45) is 0.983. The maximum Gasteiger partial charge on any atom is 0.170 e. The van der Waals surface area contributed by atoms with Gasteiger partial charge in [-0.1, -0.05) is 22.0 Å². The van der Waals surface area contributed by atoms with Crippen LogP contribution in [0, 0.1) is 12.7 Å². The number of benzene rings is 2. The Kier molecular flexibility index (Phi) is 3.81. The molecule has 0 N–H and O–H groups in total. The third kappa shape index (κ3) is 2.86. The van der Waals surface area contributed by atoms with Crippen molar-refractivity contribution in [2.24, 2.45) is 0 Å². The van der Waals surface area contributed by atoms with Crippen LogP contribution in [0.4, 0.5) is 4.39 Å². The highest BCUT2D eigenvalue weighted by molar-refractivity contribution is 9.10. The summed E-state index contributed by atoms with van der Waals surface area (Å²) in [6.45, 7) is 2.43. The monoisotopic (exact) mass is 348 g/mol. The van der Waals surface area contributed by atoms with E-state index < -0.39 is 5.82 Å². The van der Waals surface area contributed by atoms with Gasteiger partial charge in [0, 0.05) is 22.9 Å². The Morgan fingerprint density at radius 3 is 2.90 bits per heavy atom. The van der Waals surface area contributed by atoms with Gasteiger partial charge in [-0.2, -0.15) is 0 Å². The minimum atomic E-state index is -0.465. The summed E-state index contributed by atoms with van der Waals surface area (Å²) in [4.78, 5) is 12.3. The van der Waals surface area contributed by atoms with Gasteiger partial charge in [-0.3, -0.25) is 4.79 Å². The fraction of sp³-hybridized carbons (Fsp3) is 0.235. The van der Waals surface area contributed by atoms with Gasteiger partial charge < -0.3 is 4.74 Å². The van der Waals surface area contributed by atoms with Crippen LogP contribution in [0.15, 0.2) is 34.8 Å². The van der Waals surface area contributed by atoms with Crippen molar-refractivity contribution in [3.05, 3.63) is 62.9 Å². The van der Waals surface area contributed by atoms with Crippen molar-refractivity contribution in [2.75, 3.05) is 6.61 Å². The van der Waals surface area contributed by atoms with Crippen LogP contribution in [0.2, 0.25) is 0 Å². The number of ether oxygens (including phenoxy) is 1. The van der Waals surface area contributed by atoms with Crippen LogP contribution in [0.25, 0.3) is 0 Å². The molecule has 0 radical (unpaired) electrons. The van der Waals surface area contributed by atoms with E-state index in [4.69, 9.17) is 4.74 Å². The number of fused-ring (bicyclic) bond motifs is 1. The lowest BCUT2D eigenvalue weighted by Crippen LogP contribution is -2.07. The molecule has 0 fully saturated rings. The van der Waals surface area contributed by atoms with Gasteiger partial charge in [0.25, 0.3) is 0 Å². The summed E-state index contributed by atoms with van der Waals surface area (Å²) in [5, 5.41) is 0. The van der Waals surface area contributed by atoms with E-state index in [0.717, 1.165) is 33.3 Å². The molecule has 0 saturated heterocycles. The molecule has 108 valence electrons. The van der Waals surface area contributed by atoms with Crippen molar-refractivity contribution >= 4 is 21.7 Å². The van der Waals surface area contributed by atoms with E-state index >= 15 is 0 Å². The fourth-order valence-corrected chi connectivity index (χ4v) is 3.14. The Morgan fingerprint density at radius 2 is 2.14 bits per heavy atom. The Labute approximate surface area is 131 Å². The first-order chi connectivity index (χ1) is 10.0. The normalized spacial score (nSPS) is 12.9. The van der Waals surface area contributed by atoms with Gasteiger partial charge in [-0.05, 0) is 42.3 Å². The molecule has 0 spiro atoms. The second-order valence-corrected chi connectivity index (χ2v) is 6.15. The molecule has 0 unspecified atom stereocenters. The smallest absolute Gasteiger partial charge is 0.170 e. The summed E-state index contributed by atoms with van der Waals surface area (Å²) in [5.74, 6) is 0.0786. The molecular weight excluding hydrogens is 335 g/mol. The molecule has 0 aromatic heterocycles. The Hall–Kier alpha value is -1.68. The van der Waals surface area contributed by atoms with Crippen molar-refractivity contribution in [3.8, 4) is 5.75 Å². The summed E-state index contributed by atoms with van der Waals surface area (Å²) < 4.78 is 20.4. The van der Waals surface area contributed by atoms with E-state index in [0.29, 0.717) is 6.61 Å². The summed E-state index contributed by atoms with van der Waals surface area (Å²) in [7, 11) is 0. The largest absolute Gasteiger partial charge is 0.493 e. The molecule has 0 saturated carbocycles. The minimum absolute atomic E-state index is 0.132. The fourth-order valence-electron chi connectivity index (χ4n) is 2.59. The first-order valence-corrected chi connectivity index (χ1v) is 7.57. The van der Waals surface area contributed by atoms with Gasteiger partial charge in [0.15, 0.2) is 5.78 Å². The van der Waals surface area contributed by atoms with E-state index in [1.54, 1.807) is 19.1 Å². The number of carbonyl (C=O) groups excluding carboxylic acids is 1. The summed E-state index contributed by atoms with van der Waals surface area (Å²) in [6, 6.07) is 8.55. The number of carbonyl (C=O) groups is 1. The lowest BCUT2D eigenvalue weighted by Gasteiger charge is -2.09. The molecule has 21 heavy (non-hydrogen) atoms. The van der Waals surface area contributed by atoms with Crippen LogP contribution in [0.5, 0.6) is 5.75 Å². The molecule has 2 nitrogen and oxygen atoms in total. The van der Waals surface area contributed by atoms with Gasteiger partial charge in [-0.25, -0.2) is 4.39 Å². The zero-order chi connectivity index (χ0) is 15.0. The maximum atomic E-state index is 13.9. The van der Waals surface area contributed by atoms with E-state index in [9.17, 15) is 9.18 Å². The molecule has 0 atom stereocenters. The molecule has 1 heterocycles. The predicted molar refractivity (Wildman–Crippen MR) is 82.5 cm³/mol. The number of ketones is 1. The van der Waals surface area contributed by atoms with Gasteiger partial charge in [0.1, 0.15) is 11.6 Å². The average Bonchev–Trinajstić information content (AvgIpc) is 2.86. The number of halogens is 2. The van der Waals surface area contributed by atoms with Crippen LogP contribution < -0.4 is 4.74 Å². The topological polar surface area (TPSA) is 26.3 Å². The number of hydrogen-bond donors (Lipinski definition) is 0. The zero-order valence-corrected chi connectivity index (χ0v) is 13.2. The molecule has 1 aliphatic heterocycles. The molecular formula is C17H14BrFO2. The van der Waals surface area contributed by atoms with Crippen molar-refractivity contribution in [1.29, 1.82) is 0 Å². The first-order valence-electron chi connectivity index (χ1n) is 6.78. The molecule has 4 heteroatoms. The number of rotatable bonds is 3. The molecule has 0 amide bonds. The highest BCUT2D eigenvalue weighted by atomic mass is 79.9. The van der Waals surface area contributed by atoms with Gasteiger partial charge in [-0.15, -0.1) is 0 Å². The number of hydrogen-bond acceptors (Lipinski definition) is 2. The van der Waals surface area contributed by atoms with Crippen LogP contribution in [-0.4, -0.2) is 12.4 Å². The van der Waals surface area contributed by atoms with E-state index in [-0.39, 0.29) is 17.8 Å². The lowest BCUT2D eigenvalue weighted by atomic mass is 9.99. The average molecular weight is 349 g/mol. The summed E-state index contributed by atoms with van der Waals surface area (Å²) >= 11 is 3.44. The van der Waals surface area contributed by atoms with E-state index in [2.05, 4.69) is 15.9 Å². The number of Topliss-reactive ketones (excluding diaryl/α,β-unsaturated/α-hetero) is 1. The Morgan fingerprint density at radius 1 is 1.33 bits per heavy atom. The van der Waals surface area contributed by atoms with Crippen LogP contribution in [0.1, 0.15) is 27.0 Å². The standard InChI is InChI=1S/C17H14BrFO2/c1-10-2-3-14(15(19)6-10)16(20)9-12-8-13(18)7-11-4-5-21-17(11)12/h2-3,6-8H,4-5,9H2,1H3. The maximum absolute atomic E-state index is 13.9. The zero-order valence-electron chi connectivity index (χ0n) is 11.6. The highest BCUT2D eigenvalue weighted by Crippen LogP contribution is 2.33. The highest BCUT2D eigenvalue weighted by Gasteiger charge is 2.21. The quantitative estimate of drug-likeness (QED) is 0.774. The number of aryl methyl sites for hydroxylation is 1. The van der Waals surface area contributed by atoms with Crippen molar-refractivity contribution < 1.29 is 13.9 Å². The Bertz CT molecular complexity index is 725. The van der Waals surface area contributed by atoms with Gasteiger partial charge in [0.05, 0.1) is 12.2 Å². The summed E-state index contributed by atoms with van der Waals surface area (Å²) in [5.41, 5.74) is 2.83. The first kappa shape index (κ1) is 14.3. The SMILES string of the molecule is Cc1ccc(C(=O)Cc2cc(Br)cc3c2OCC3)c(F)c1. The van der Waals surface area contributed by atoms with Crippen LogP contribution in [-0.2, 0) is 12.8 Å². The third-order valence-electron chi connectivity index (χ3n) is 3.60. The third-order valence-corrected chi connectivity index (χ3v) is 4.06. The van der Waals surface area contributed by atoms with Crippen molar-refractivity contribution in [3.63, 3.8) is 0 Å². The molecule has 0 bridgehead atoms. The van der Waals surface area contributed by atoms with E-state index in [1.165, 1.54) is 6.07 Å². The van der Waals surface area contributed by atoms with Gasteiger partial charge >= 0.3 is 0 Å². The minimum Gasteiger partial charge on any atom is -0.493 e. The molecule has 1 aliphatic rings. The predicted octanol–water partition coefficient (Wildman–Crippen LogP) is 4.26. The lowest BCUT2D eigenvalue weighted by molar-refractivity contribution is 0.0988. The van der Waals surface area contributed by atoms with Crippen LogP contribution in [0.3, 0.4) is 0 Å². The van der Waals surface area contributed by atoms with Crippen molar-refractivity contribution in [1.82, 2.24) is 0 Å². The Balaban J connectivity index is 1.92. The molecule has 3 rings (SSSR count). The second-order valence-electron chi connectivity index (χ2n) is 5.23. The molecule has 2 aromatic rings. The van der Waals surface area contributed by atoms with Gasteiger partial charge in [0.2, 0.25) is 0 Å². The second kappa shape index (κ2) is 5.60. The molecule has 0 aliphatic carbocycles.